The number of amides is 1. The van der Waals surface area contributed by atoms with Crippen molar-refractivity contribution in [2.45, 2.75) is 5.92 Å². The number of hydrogen-bond donors (Lipinski definition) is 0. The number of rotatable bonds is 3. The normalized spacial score (nSPS) is 14.5. The third kappa shape index (κ3) is 2.59. The molecule has 0 saturated carbocycles. The van der Waals surface area contributed by atoms with Gasteiger partial charge in [0.25, 0.3) is 5.91 Å². The predicted octanol–water partition coefficient (Wildman–Crippen LogP) is 1.90. The van der Waals surface area contributed by atoms with Crippen molar-refractivity contribution >= 4 is 5.91 Å². The first-order chi connectivity index (χ1) is 11.3. The molecule has 0 N–H and O–H groups in total. The highest BCUT2D eigenvalue weighted by molar-refractivity contribution is 5.92. The molecular formula is C17H15N5O. The molecule has 4 rings (SSSR count). The molecule has 0 unspecified atom stereocenters. The largest absolute Gasteiger partial charge is 0.336 e. The molecular weight excluding hydrogens is 290 g/mol. The molecule has 1 amide bonds. The topological polar surface area (TPSA) is 63.9 Å². The first-order valence-corrected chi connectivity index (χ1v) is 7.49. The fourth-order valence-electron chi connectivity index (χ4n) is 2.68. The molecule has 3 heterocycles. The van der Waals surface area contributed by atoms with Gasteiger partial charge in [-0.2, -0.15) is 0 Å². The van der Waals surface area contributed by atoms with Gasteiger partial charge >= 0.3 is 0 Å². The van der Waals surface area contributed by atoms with Gasteiger partial charge in [0.05, 0.1) is 11.9 Å². The minimum absolute atomic E-state index is 0.0839. The minimum Gasteiger partial charge on any atom is -0.336 e. The van der Waals surface area contributed by atoms with Crippen LogP contribution in [0, 0.1) is 0 Å². The maximum absolute atomic E-state index is 12.4. The Morgan fingerprint density at radius 3 is 2.57 bits per heavy atom. The van der Waals surface area contributed by atoms with E-state index in [9.17, 15) is 4.79 Å². The lowest BCUT2D eigenvalue weighted by atomic mass is 9.95. The van der Waals surface area contributed by atoms with Gasteiger partial charge in [-0.05, 0) is 24.3 Å². The highest BCUT2D eigenvalue weighted by Crippen LogP contribution is 2.26. The molecule has 6 nitrogen and oxygen atoms in total. The summed E-state index contributed by atoms with van der Waals surface area (Å²) < 4.78 is 1.61. The molecule has 1 saturated heterocycles. The quantitative estimate of drug-likeness (QED) is 0.741. The molecule has 0 bridgehead atoms. The van der Waals surface area contributed by atoms with Gasteiger partial charge in [-0.25, -0.2) is 4.68 Å². The van der Waals surface area contributed by atoms with Gasteiger partial charge in [0.2, 0.25) is 0 Å². The summed E-state index contributed by atoms with van der Waals surface area (Å²) in [5.41, 5.74) is 2.28. The zero-order valence-electron chi connectivity index (χ0n) is 12.4. The van der Waals surface area contributed by atoms with Crippen LogP contribution in [-0.2, 0) is 0 Å². The number of benzene rings is 1. The summed E-state index contributed by atoms with van der Waals surface area (Å²) >= 11 is 0. The van der Waals surface area contributed by atoms with E-state index in [1.165, 1.54) is 0 Å². The maximum atomic E-state index is 12.4. The molecule has 3 aromatic rings. The summed E-state index contributed by atoms with van der Waals surface area (Å²) in [5.74, 6) is 0.226. The molecule has 1 aliphatic rings. The van der Waals surface area contributed by atoms with E-state index in [2.05, 4.69) is 15.3 Å². The van der Waals surface area contributed by atoms with E-state index >= 15 is 0 Å². The summed E-state index contributed by atoms with van der Waals surface area (Å²) in [6.07, 6.45) is 3.46. The van der Waals surface area contributed by atoms with Crippen LogP contribution < -0.4 is 0 Å². The predicted molar refractivity (Wildman–Crippen MR) is 84.2 cm³/mol. The number of aromatic nitrogens is 4. The number of hydrogen-bond acceptors (Lipinski definition) is 4. The van der Waals surface area contributed by atoms with Crippen molar-refractivity contribution in [1.82, 2.24) is 24.9 Å². The summed E-state index contributed by atoms with van der Waals surface area (Å²) in [7, 11) is 0. The molecule has 114 valence electrons. The average molecular weight is 305 g/mol. The zero-order valence-corrected chi connectivity index (χ0v) is 12.4. The molecule has 6 heteroatoms. The van der Waals surface area contributed by atoms with E-state index < -0.39 is 0 Å². The van der Waals surface area contributed by atoms with Crippen LogP contribution in [0.3, 0.4) is 0 Å². The number of para-hydroxylation sites is 1. The monoisotopic (exact) mass is 305 g/mol. The van der Waals surface area contributed by atoms with Gasteiger partial charge < -0.3 is 4.90 Å². The Bertz CT molecular complexity index is 809. The highest BCUT2D eigenvalue weighted by Gasteiger charge is 2.34. The number of pyridine rings is 1. The van der Waals surface area contributed by atoms with Crippen LogP contribution in [0.5, 0.6) is 0 Å². The second kappa shape index (κ2) is 5.64. The van der Waals surface area contributed by atoms with Crippen molar-refractivity contribution in [3.63, 3.8) is 0 Å². The Morgan fingerprint density at radius 2 is 1.83 bits per heavy atom. The molecule has 0 aliphatic carbocycles. The van der Waals surface area contributed by atoms with Gasteiger partial charge in [0.15, 0.2) is 5.69 Å². The standard InChI is InChI=1S/C17H15N5O/c23-17(21-10-13(11-21)15-8-4-5-9-18-15)16-12-22(20-19-16)14-6-2-1-3-7-14/h1-9,12-13H,10-11H2. The van der Waals surface area contributed by atoms with E-state index in [0.29, 0.717) is 24.7 Å². The summed E-state index contributed by atoms with van der Waals surface area (Å²) in [6.45, 7) is 1.35. The maximum Gasteiger partial charge on any atom is 0.276 e. The van der Waals surface area contributed by atoms with Crippen molar-refractivity contribution < 1.29 is 4.79 Å². The lowest BCUT2D eigenvalue weighted by Gasteiger charge is -2.38. The van der Waals surface area contributed by atoms with Gasteiger partial charge in [-0.3, -0.25) is 9.78 Å². The van der Waals surface area contributed by atoms with Crippen LogP contribution in [0.4, 0.5) is 0 Å². The SMILES string of the molecule is O=C(c1cn(-c2ccccc2)nn1)N1CC(c2ccccn2)C1. The highest BCUT2D eigenvalue weighted by atomic mass is 16.2. The second-order valence-electron chi connectivity index (χ2n) is 5.55. The smallest absolute Gasteiger partial charge is 0.276 e. The van der Waals surface area contributed by atoms with Crippen molar-refractivity contribution in [1.29, 1.82) is 0 Å². The molecule has 1 fully saturated rings. The number of carbonyl (C=O) groups is 1. The number of carbonyl (C=O) groups excluding carboxylic acids is 1. The molecule has 1 aliphatic heterocycles. The molecule has 23 heavy (non-hydrogen) atoms. The minimum atomic E-state index is -0.0839. The fraction of sp³-hybridized carbons (Fsp3) is 0.176. The van der Waals surface area contributed by atoms with Crippen LogP contribution in [0.1, 0.15) is 22.1 Å². The van der Waals surface area contributed by atoms with E-state index in [1.807, 2.05) is 48.5 Å². The number of likely N-dealkylation sites (tertiary alicyclic amines) is 1. The molecule has 1 aromatic carbocycles. The zero-order chi connectivity index (χ0) is 15.6. The van der Waals surface area contributed by atoms with Crippen LogP contribution in [0.2, 0.25) is 0 Å². The Labute approximate surface area is 133 Å². The Morgan fingerprint density at radius 1 is 1.04 bits per heavy atom. The van der Waals surface area contributed by atoms with Crippen LogP contribution in [0.15, 0.2) is 60.9 Å². The average Bonchev–Trinajstić information content (AvgIpc) is 3.05. The Kier molecular flexibility index (Phi) is 3.34. The van der Waals surface area contributed by atoms with Crippen LogP contribution >= 0.6 is 0 Å². The van der Waals surface area contributed by atoms with Crippen LogP contribution in [-0.4, -0.2) is 43.9 Å². The van der Waals surface area contributed by atoms with Gasteiger partial charge in [0, 0.05) is 30.9 Å². The van der Waals surface area contributed by atoms with E-state index in [0.717, 1.165) is 11.4 Å². The van der Waals surface area contributed by atoms with Gasteiger partial charge in [-0.1, -0.05) is 29.5 Å². The molecule has 0 spiro atoms. The van der Waals surface area contributed by atoms with Gasteiger partial charge in [0.1, 0.15) is 0 Å². The molecule has 0 atom stereocenters. The first kappa shape index (κ1) is 13.6. The van der Waals surface area contributed by atoms with Crippen molar-refractivity contribution in [3.8, 4) is 5.69 Å². The lowest BCUT2D eigenvalue weighted by molar-refractivity contribution is 0.0592. The molecule has 2 aromatic heterocycles. The third-order valence-electron chi connectivity index (χ3n) is 4.01. The summed E-state index contributed by atoms with van der Waals surface area (Å²) in [5, 5.41) is 8.03. The lowest BCUT2D eigenvalue weighted by Crippen LogP contribution is -2.48. The molecule has 0 radical (unpaired) electrons. The van der Waals surface area contributed by atoms with Crippen molar-refractivity contribution in [2.24, 2.45) is 0 Å². The van der Waals surface area contributed by atoms with E-state index in [4.69, 9.17) is 0 Å². The third-order valence-corrected chi connectivity index (χ3v) is 4.01. The van der Waals surface area contributed by atoms with Crippen molar-refractivity contribution in [2.75, 3.05) is 13.1 Å². The van der Waals surface area contributed by atoms with Crippen LogP contribution in [0.25, 0.3) is 5.69 Å². The summed E-state index contributed by atoms with van der Waals surface area (Å²) in [6, 6.07) is 15.5. The Balaban J connectivity index is 1.44. The Hall–Kier alpha value is -3.02. The van der Waals surface area contributed by atoms with Gasteiger partial charge in [-0.15, -0.1) is 5.10 Å². The fourth-order valence-corrected chi connectivity index (χ4v) is 2.68. The van der Waals surface area contributed by atoms with E-state index in [1.54, 1.807) is 22.0 Å². The second-order valence-corrected chi connectivity index (χ2v) is 5.55. The first-order valence-electron chi connectivity index (χ1n) is 7.49. The summed E-state index contributed by atoms with van der Waals surface area (Å²) in [4.78, 5) is 18.6. The van der Waals surface area contributed by atoms with E-state index in [-0.39, 0.29) is 5.91 Å². The van der Waals surface area contributed by atoms with Crippen molar-refractivity contribution in [3.05, 3.63) is 72.3 Å². The number of nitrogens with zero attached hydrogens (tertiary/aromatic N) is 5.